The summed E-state index contributed by atoms with van der Waals surface area (Å²) in [5.74, 6) is -0.506. The molecule has 1 atom stereocenters. The van der Waals surface area contributed by atoms with Gasteiger partial charge in [0.15, 0.2) is 0 Å². The number of ether oxygens (including phenoxy) is 1. The number of halogens is 1. The van der Waals surface area contributed by atoms with Crippen LogP contribution in [0.2, 0.25) is 0 Å². The number of carbonyl (C=O) groups excluding carboxylic acids is 1. The van der Waals surface area contributed by atoms with Gasteiger partial charge in [0.1, 0.15) is 5.75 Å². The van der Waals surface area contributed by atoms with Crippen LogP contribution in [0.3, 0.4) is 0 Å². The number of para-hydroxylation sites is 1. The molecule has 2 aromatic rings. The molecule has 0 saturated heterocycles. The third-order valence-electron chi connectivity index (χ3n) is 3.13. The molecule has 0 N–H and O–H groups in total. The summed E-state index contributed by atoms with van der Waals surface area (Å²) < 4.78 is 19.9. The fraction of sp³-hybridized carbons (Fsp3) is 0.133. The molecule has 0 aromatic heterocycles. The van der Waals surface area contributed by atoms with E-state index in [1.54, 1.807) is 36.4 Å². The fourth-order valence-electron chi connectivity index (χ4n) is 2.22. The molecular weight excluding hydrogens is 231 g/mol. The molecule has 0 amide bonds. The minimum absolute atomic E-state index is 0.00366. The number of fused-ring (bicyclic) bond motifs is 1. The van der Waals surface area contributed by atoms with Crippen LogP contribution in [0.5, 0.6) is 5.75 Å². The van der Waals surface area contributed by atoms with Crippen molar-refractivity contribution in [1.29, 1.82) is 0 Å². The maximum absolute atomic E-state index is 14.9. The highest BCUT2D eigenvalue weighted by molar-refractivity contribution is 5.89. The van der Waals surface area contributed by atoms with Gasteiger partial charge in [-0.05, 0) is 11.6 Å². The molecule has 0 bridgehead atoms. The minimum atomic E-state index is -2.07. The molecule has 90 valence electrons. The van der Waals surface area contributed by atoms with Gasteiger partial charge in [-0.2, -0.15) is 0 Å². The molecule has 0 saturated carbocycles. The summed E-state index contributed by atoms with van der Waals surface area (Å²) >= 11 is 0. The minimum Gasteiger partial charge on any atom is -0.423 e. The SMILES string of the molecule is O=C1Oc2ccccc2[C@]1(F)Cc1ccccc1. The monoisotopic (exact) mass is 242 g/mol. The maximum atomic E-state index is 14.9. The molecule has 2 nitrogen and oxygen atoms in total. The Morgan fingerprint density at radius 2 is 1.67 bits per heavy atom. The van der Waals surface area contributed by atoms with Crippen molar-refractivity contribution in [2.24, 2.45) is 0 Å². The predicted molar refractivity (Wildman–Crippen MR) is 65.0 cm³/mol. The molecular formula is C15H11FO2. The summed E-state index contributed by atoms with van der Waals surface area (Å²) in [6.45, 7) is 0. The summed E-state index contributed by atoms with van der Waals surface area (Å²) in [5, 5.41) is 0. The first-order chi connectivity index (χ1) is 8.70. The van der Waals surface area contributed by atoms with E-state index in [1.165, 1.54) is 0 Å². The summed E-state index contributed by atoms with van der Waals surface area (Å²) in [7, 11) is 0. The molecule has 1 aliphatic rings. The Balaban J connectivity index is 2.02. The first-order valence-electron chi connectivity index (χ1n) is 5.75. The second kappa shape index (κ2) is 3.95. The Kier molecular flexibility index (Phi) is 2.40. The normalized spacial score (nSPS) is 21.5. The van der Waals surface area contributed by atoms with Gasteiger partial charge in [-0.1, -0.05) is 48.5 Å². The summed E-state index contributed by atoms with van der Waals surface area (Å²) in [6.07, 6.45) is 0.00366. The number of rotatable bonds is 2. The van der Waals surface area contributed by atoms with Gasteiger partial charge in [-0.15, -0.1) is 0 Å². The lowest BCUT2D eigenvalue weighted by Gasteiger charge is -2.16. The van der Waals surface area contributed by atoms with Crippen LogP contribution in [0.15, 0.2) is 54.6 Å². The number of carbonyl (C=O) groups is 1. The third kappa shape index (κ3) is 1.59. The second-order valence-corrected chi connectivity index (χ2v) is 4.35. The molecule has 18 heavy (non-hydrogen) atoms. The van der Waals surface area contributed by atoms with Gasteiger partial charge in [-0.3, -0.25) is 0 Å². The Hall–Kier alpha value is -2.16. The number of alkyl halides is 1. The average molecular weight is 242 g/mol. The van der Waals surface area contributed by atoms with Crippen LogP contribution in [0.4, 0.5) is 4.39 Å². The van der Waals surface area contributed by atoms with Crippen molar-refractivity contribution in [2.45, 2.75) is 12.1 Å². The average Bonchev–Trinajstić information content (AvgIpc) is 2.63. The molecule has 0 radical (unpaired) electrons. The van der Waals surface area contributed by atoms with Gasteiger partial charge in [0.05, 0.1) is 0 Å². The lowest BCUT2D eigenvalue weighted by molar-refractivity contribution is -0.144. The van der Waals surface area contributed by atoms with E-state index in [-0.39, 0.29) is 6.42 Å². The van der Waals surface area contributed by atoms with Gasteiger partial charge in [0.25, 0.3) is 0 Å². The van der Waals surface area contributed by atoms with Crippen LogP contribution in [-0.4, -0.2) is 5.97 Å². The standard InChI is InChI=1S/C15H11FO2/c16-15(10-11-6-2-1-3-7-11)12-8-4-5-9-13(12)18-14(15)17/h1-9H,10H2/t15-/m1/s1. The topological polar surface area (TPSA) is 26.3 Å². The van der Waals surface area contributed by atoms with Crippen molar-refractivity contribution in [3.8, 4) is 5.75 Å². The summed E-state index contributed by atoms with van der Waals surface area (Å²) in [4.78, 5) is 11.8. The zero-order valence-electron chi connectivity index (χ0n) is 9.60. The van der Waals surface area contributed by atoms with Crippen LogP contribution in [0, 0.1) is 0 Å². The van der Waals surface area contributed by atoms with E-state index in [2.05, 4.69) is 0 Å². The highest BCUT2D eigenvalue weighted by Crippen LogP contribution is 2.42. The van der Waals surface area contributed by atoms with E-state index in [0.29, 0.717) is 11.3 Å². The van der Waals surface area contributed by atoms with Crippen LogP contribution in [0.25, 0.3) is 0 Å². The predicted octanol–water partition coefficient (Wildman–Crippen LogP) is 3.01. The zero-order chi connectivity index (χ0) is 12.6. The van der Waals surface area contributed by atoms with E-state index in [9.17, 15) is 9.18 Å². The molecule has 3 rings (SSSR count). The van der Waals surface area contributed by atoms with Crippen LogP contribution >= 0.6 is 0 Å². The van der Waals surface area contributed by atoms with Crippen molar-refractivity contribution < 1.29 is 13.9 Å². The highest BCUT2D eigenvalue weighted by Gasteiger charge is 2.49. The highest BCUT2D eigenvalue weighted by atomic mass is 19.1. The van der Waals surface area contributed by atoms with E-state index < -0.39 is 11.6 Å². The van der Waals surface area contributed by atoms with Crippen molar-refractivity contribution >= 4 is 5.97 Å². The van der Waals surface area contributed by atoms with E-state index in [4.69, 9.17) is 4.74 Å². The Morgan fingerprint density at radius 1 is 1.00 bits per heavy atom. The third-order valence-corrected chi connectivity index (χ3v) is 3.13. The largest absolute Gasteiger partial charge is 0.423 e. The van der Waals surface area contributed by atoms with E-state index >= 15 is 0 Å². The molecule has 0 aliphatic carbocycles. The number of benzene rings is 2. The quantitative estimate of drug-likeness (QED) is 0.597. The molecule has 0 unspecified atom stereocenters. The van der Waals surface area contributed by atoms with Gasteiger partial charge in [0, 0.05) is 12.0 Å². The summed E-state index contributed by atoms with van der Waals surface area (Å²) in [5.41, 5.74) is -0.981. The number of esters is 1. The van der Waals surface area contributed by atoms with Gasteiger partial charge >= 0.3 is 5.97 Å². The molecule has 0 spiro atoms. The molecule has 1 heterocycles. The first-order valence-corrected chi connectivity index (χ1v) is 5.75. The lowest BCUT2D eigenvalue weighted by atomic mass is 9.90. The molecule has 0 fully saturated rings. The fourth-order valence-corrected chi connectivity index (χ4v) is 2.22. The Bertz CT molecular complexity index is 594. The number of hydrogen-bond acceptors (Lipinski definition) is 2. The Labute approximate surface area is 104 Å². The molecule has 2 aromatic carbocycles. The second-order valence-electron chi connectivity index (χ2n) is 4.35. The van der Waals surface area contributed by atoms with Gasteiger partial charge < -0.3 is 4.74 Å². The maximum Gasteiger partial charge on any atom is 0.354 e. The van der Waals surface area contributed by atoms with Crippen molar-refractivity contribution in [3.63, 3.8) is 0 Å². The smallest absolute Gasteiger partial charge is 0.354 e. The number of hydrogen-bond donors (Lipinski definition) is 0. The van der Waals surface area contributed by atoms with Crippen molar-refractivity contribution in [1.82, 2.24) is 0 Å². The molecule has 3 heteroatoms. The van der Waals surface area contributed by atoms with Crippen molar-refractivity contribution in [2.75, 3.05) is 0 Å². The van der Waals surface area contributed by atoms with Crippen molar-refractivity contribution in [3.05, 3.63) is 65.7 Å². The first kappa shape index (κ1) is 11.0. The van der Waals surface area contributed by atoms with Crippen LogP contribution < -0.4 is 4.74 Å². The van der Waals surface area contributed by atoms with E-state index in [1.807, 2.05) is 18.2 Å². The van der Waals surface area contributed by atoms with Gasteiger partial charge in [-0.25, -0.2) is 9.18 Å². The molecule has 1 aliphatic heterocycles. The van der Waals surface area contributed by atoms with Crippen LogP contribution in [-0.2, 0) is 16.9 Å². The van der Waals surface area contributed by atoms with Gasteiger partial charge in [0.2, 0.25) is 5.67 Å². The zero-order valence-corrected chi connectivity index (χ0v) is 9.60. The summed E-state index contributed by atoms with van der Waals surface area (Å²) in [6, 6.07) is 15.7. The lowest BCUT2D eigenvalue weighted by Crippen LogP contribution is -2.31. The van der Waals surface area contributed by atoms with Crippen LogP contribution in [0.1, 0.15) is 11.1 Å². The Morgan fingerprint density at radius 3 is 2.44 bits per heavy atom. The van der Waals surface area contributed by atoms with E-state index in [0.717, 1.165) is 5.56 Å².